The molecule has 0 saturated carbocycles. The van der Waals surface area contributed by atoms with Crippen LogP contribution in [-0.4, -0.2) is 113 Å². The molecule has 2 saturated heterocycles. The van der Waals surface area contributed by atoms with Gasteiger partial charge in [-0.2, -0.15) is 4.31 Å². The standard InChI is InChI=1S/C25H30N6O6S.C2H4O2/c1-38(36,37)30-12-10-29(11-13-30)20-14-21(23(32)28-19-8-6-18(7-9-19)25(34)35)31(15-20)24(33)17-4-2-16(3-5-17)22(26)27;1-2(3)4/h2-9,20-21H,10-15H2,1H3,(H3,26,27)(H,28,32)(H,34,35);1H3,(H,3,4)/t20-,21-;/m0./s1. The molecule has 226 valence electrons. The van der Waals surface area contributed by atoms with Crippen LogP contribution in [0.4, 0.5) is 5.69 Å². The van der Waals surface area contributed by atoms with Crippen molar-refractivity contribution in [2.24, 2.45) is 5.73 Å². The minimum Gasteiger partial charge on any atom is -0.481 e. The number of anilines is 1. The molecule has 2 fully saturated rings. The number of aliphatic carboxylic acids is 1. The van der Waals surface area contributed by atoms with Crippen LogP contribution in [0.25, 0.3) is 0 Å². The largest absolute Gasteiger partial charge is 0.481 e. The molecule has 0 unspecified atom stereocenters. The zero-order chi connectivity index (χ0) is 31.2. The average molecular weight is 603 g/mol. The van der Waals surface area contributed by atoms with E-state index in [0.717, 1.165) is 6.92 Å². The van der Waals surface area contributed by atoms with Gasteiger partial charge in [0.2, 0.25) is 15.9 Å². The fraction of sp³-hybridized carbons (Fsp3) is 0.370. The van der Waals surface area contributed by atoms with Gasteiger partial charge in [-0.05, 0) is 42.8 Å². The lowest BCUT2D eigenvalue weighted by atomic mass is 10.1. The zero-order valence-corrected chi connectivity index (χ0v) is 24.0. The predicted molar refractivity (Wildman–Crippen MR) is 154 cm³/mol. The molecule has 0 bridgehead atoms. The van der Waals surface area contributed by atoms with Crippen molar-refractivity contribution in [2.45, 2.75) is 25.4 Å². The highest BCUT2D eigenvalue weighted by Crippen LogP contribution is 2.27. The highest BCUT2D eigenvalue weighted by Gasteiger charge is 2.43. The molecule has 0 radical (unpaired) electrons. The number of carbonyl (C=O) groups is 4. The summed E-state index contributed by atoms with van der Waals surface area (Å²) in [5, 5.41) is 26.9. The molecule has 6 N–H and O–H groups in total. The molecule has 0 spiro atoms. The van der Waals surface area contributed by atoms with E-state index < -0.39 is 33.9 Å². The SMILES string of the molecule is CC(=O)O.CS(=O)(=O)N1CCN([C@H]2C[C@@H](C(=O)Nc3ccc(C(=O)O)cc3)N(C(=O)c3ccc(C(=N)N)cc3)C2)CC1. The molecule has 42 heavy (non-hydrogen) atoms. The molecule has 2 aliphatic heterocycles. The monoisotopic (exact) mass is 602 g/mol. The summed E-state index contributed by atoms with van der Waals surface area (Å²) >= 11 is 0. The number of piperazine rings is 1. The van der Waals surface area contributed by atoms with E-state index in [1.807, 2.05) is 0 Å². The number of likely N-dealkylation sites (tertiary alicyclic amines) is 1. The van der Waals surface area contributed by atoms with E-state index in [1.54, 1.807) is 24.3 Å². The van der Waals surface area contributed by atoms with Crippen LogP contribution in [0.1, 0.15) is 39.6 Å². The molecule has 2 heterocycles. The number of aromatic carboxylic acids is 1. The maximum atomic E-state index is 13.5. The van der Waals surface area contributed by atoms with Gasteiger partial charge in [0.15, 0.2) is 0 Å². The maximum absolute atomic E-state index is 13.5. The van der Waals surface area contributed by atoms with E-state index in [4.69, 9.17) is 26.2 Å². The lowest BCUT2D eigenvalue weighted by Crippen LogP contribution is -2.52. The number of nitrogens with two attached hydrogens (primary N) is 1. The summed E-state index contributed by atoms with van der Waals surface area (Å²) in [5.41, 5.74) is 6.83. The Kier molecular flexibility index (Phi) is 10.4. The number of amidine groups is 1. The Morgan fingerprint density at radius 2 is 1.40 bits per heavy atom. The van der Waals surface area contributed by atoms with Gasteiger partial charge in [-0.15, -0.1) is 0 Å². The van der Waals surface area contributed by atoms with Crippen LogP contribution in [0.15, 0.2) is 48.5 Å². The summed E-state index contributed by atoms with van der Waals surface area (Å²) < 4.78 is 25.2. The predicted octanol–water partition coefficient (Wildman–Crippen LogP) is 0.559. The van der Waals surface area contributed by atoms with E-state index in [-0.39, 0.29) is 29.9 Å². The minimum atomic E-state index is -3.29. The van der Waals surface area contributed by atoms with Gasteiger partial charge in [0.25, 0.3) is 11.9 Å². The first kappa shape index (κ1) is 32.2. The van der Waals surface area contributed by atoms with E-state index in [9.17, 15) is 22.8 Å². The zero-order valence-electron chi connectivity index (χ0n) is 23.2. The van der Waals surface area contributed by atoms with E-state index >= 15 is 0 Å². The van der Waals surface area contributed by atoms with Crippen LogP contribution in [0.5, 0.6) is 0 Å². The van der Waals surface area contributed by atoms with Crippen molar-refractivity contribution in [3.8, 4) is 0 Å². The lowest BCUT2D eigenvalue weighted by molar-refractivity contribution is -0.134. The molecule has 2 aromatic rings. The smallest absolute Gasteiger partial charge is 0.335 e. The normalized spacial score (nSPS) is 19.3. The number of hydrogen-bond acceptors (Lipinski definition) is 8. The summed E-state index contributed by atoms with van der Waals surface area (Å²) in [7, 11) is -3.29. The van der Waals surface area contributed by atoms with Gasteiger partial charge in [-0.3, -0.25) is 24.7 Å². The Labute approximate surface area is 243 Å². The van der Waals surface area contributed by atoms with Gasteiger partial charge in [0.05, 0.1) is 11.8 Å². The number of nitrogens with zero attached hydrogens (tertiary/aromatic N) is 3. The number of nitrogens with one attached hydrogen (secondary N) is 2. The fourth-order valence-electron chi connectivity index (χ4n) is 4.83. The molecular weight excluding hydrogens is 568 g/mol. The second kappa shape index (κ2) is 13.5. The number of amides is 2. The van der Waals surface area contributed by atoms with Crippen LogP contribution in [0.2, 0.25) is 0 Å². The summed E-state index contributed by atoms with van der Waals surface area (Å²) in [6, 6.07) is 11.1. The summed E-state index contributed by atoms with van der Waals surface area (Å²) in [6.07, 6.45) is 1.54. The van der Waals surface area contributed by atoms with Gasteiger partial charge in [-0.25, -0.2) is 13.2 Å². The topological polar surface area (TPSA) is 214 Å². The molecular formula is C27H34N6O8S. The molecule has 15 heteroatoms. The van der Waals surface area contributed by atoms with Crippen LogP contribution in [0.3, 0.4) is 0 Å². The van der Waals surface area contributed by atoms with Gasteiger partial charge >= 0.3 is 5.97 Å². The summed E-state index contributed by atoms with van der Waals surface area (Å²) in [4.78, 5) is 50.6. The number of nitrogen functional groups attached to an aromatic ring is 1. The molecule has 2 atom stereocenters. The Balaban J connectivity index is 0.00000114. The van der Waals surface area contributed by atoms with E-state index in [1.165, 1.54) is 39.7 Å². The van der Waals surface area contributed by atoms with E-state index in [0.29, 0.717) is 49.4 Å². The van der Waals surface area contributed by atoms with Crippen LogP contribution in [0, 0.1) is 5.41 Å². The molecule has 2 amide bonds. The van der Waals surface area contributed by atoms with Gasteiger partial charge < -0.3 is 26.2 Å². The quantitative estimate of drug-likeness (QED) is 0.219. The van der Waals surface area contributed by atoms with Gasteiger partial charge in [-0.1, -0.05) is 12.1 Å². The highest BCUT2D eigenvalue weighted by atomic mass is 32.2. The van der Waals surface area contributed by atoms with Crippen molar-refractivity contribution >= 4 is 45.3 Å². The minimum absolute atomic E-state index is 0.0861. The van der Waals surface area contributed by atoms with Crippen molar-refractivity contribution in [1.82, 2.24) is 14.1 Å². The number of carboxylic acid groups (broad SMARTS) is 2. The maximum Gasteiger partial charge on any atom is 0.335 e. The highest BCUT2D eigenvalue weighted by molar-refractivity contribution is 7.88. The molecule has 14 nitrogen and oxygen atoms in total. The van der Waals surface area contributed by atoms with Crippen LogP contribution >= 0.6 is 0 Å². The number of sulfonamides is 1. The molecule has 0 aromatic heterocycles. The van der Waals surface area contributed by atoms with Crippen molar-refractivity contribution in [3.63, 3.8) is 0 Å². The first-order valence-corrected chi connectivity index (χ1v) is 14.8. The van der Waals surface area contributed by atoms with Gasteiger partial charge in [0, 0.05) is 62.5 Å². The number of carboxylic acids is 2. The summed E-state index contributed by atoms with van der Waals surface area (Å²) in [6.45, 7) is 3.00. The Morgan fingerprint density at radius 1 is 0.905 bits per heavy atom. The van der Waals surface area contributed by atoms with Crippen LogP contribution in [-0.2, 0) is 19.6 Å². The Morgan fingerprint density at radius 3 is 1.88 bits per heavy atom. The first-order valence-electron chi connectivity index (χ1n) is 13.0. The number of hydrogen-bond donors (Lipinski definition) is 5. The average Bonchev–Trinajstić information content (AvgIpc) is 3.38. The Hall–Kier alpha value is -4.34. The van der Waals surface area contributed by atoms with Gasteiger partial charge in [0.1, 0.15) is 11.9 Å². The second-order valence-electron chi connectivity index (χ2n) is 9.94. The second-order valence-corrected chi connectivity index (χ2v) is 11.9. The van der Waals surface area contributed by atoms with Crippen molar-refractivity contribution in [2.75, 3.05) is 44.3 Å². The number of benzene rings is 2. The molecule has 2 aliphatic rings. The summed E-state index contributed by atoms with van der Waals surface area (Å²) in [5.74, 6) is -2.78. The third-order valence-electron chi connectivity index (χ3n) is 6.94. The first-order chi connectivity index (χ1) is 19.7. The molecule has 4 rings (SSSR count). The van der Waals surface area contributed by atoms with E-state index in [2.05, 4.69) is 10.2 Å². The third kappa shape index (κ3) is 8.34. The van der Waals surface area contributed by atoms with Crippen molar-refractivity contribution in [3.05, 3.63) is 65.2 Å². The van der Waals surface area contributed by atoms with Crippen molar-refractivity contribution in [1.29, 1.82) is 5.41 Å². The Bertz CT molecular complexity index is 1430. The number of carbonyl (C=O) groups excluding carboxylic acids is 2. The van der Waals surface area contributed by atoms with Crippen LogP contribution < -0.4 is 11.1 Å². The molecule has 0 aliphatic carbocycles. The molecule has 2 aromatic carbocycles. The lowest BCUT2D eigenvalue weighted by Gasteiger charge is -2.36. The number of rotatable bonds is 7. The fourth-order valence-corrected chi connectivity index (χ4v) is 5.66. The van der Waals surface area contributed by atoms with Crippen molar-refractivity contribution < 1.29 is 37.8 Å². The third-order valence-corrected chi connectivity index (χ3v) is 8.25.